The number of benzene rings is 1. The van der Waals surface area contributed by atoms with Gasteiger partial charge in [0, 0.05) is 25.2 Å². The second-order valence-corrected chi connectivity index (χ2v) is 8.78. The van der Waals surface area contributed by atoms with Gasteiger partial charge in [-0.05, 0) is 56.9 Å². The van der Waals surface area contributed by atoms with Crippen LogP contribution >= 0.6 is 0 Å². The molecule has 8 nitrogen and oxygen atoms in total. The maximum absolute atomic E-state index is 12.5. The van der Waals surface area contributed by atoms with Crippen molar-refractivity contribution < 1.29 is 28.5 Å². The molecule has 2 heterocycles. The van der Waals surface area contributed by atoms with E-state index in [4.69, 9.17) is 18.9 Å². The average molecular weight is 421 g/mol. The van der Waals surface area contributed by atoms with Crippen LogP contribution in [-0.2, 0) is 20.7 Å². The Morgan fingerprint density at radius 2 is 1.77 bits per heavy atom. The Morgan fingerprint density at radius 1 is 1.10 bits per heavy atom. The van der Waals surface area contributed by atoms with Gasteiger partial charge in [-0.3, -0.25) is 9.69 Å². The lowest BCUT2D eigenvalue weighted by Gasteiger charge is -2.46. The maximum atomic E-state index is 12.5. The van der Waals surface area contributed by atoms with Gasteiger partial charge in [0.1, 0.15) is 5.60 Å². The first-order valence-electron chi connectivity index (χ1n) is 10.2. The van der Waals surface area contributed by atoms with E-state index < -0.39 is 23.7 Å². The molecule has 0 aliphatic carbocycles. The summed E-state index contributed by atoms with van der Waals surface area (Å²) in [6.07, 6.45) is 0.893. The molecular weight excluding hydrogens is 388 g/mol. The third kappa shape index (κ3) is 4.64. The Hall–Kier alpha value is -2.48. The molecule has 3 rings (SSSR count). The molecule has 1 amide bonds. The van der Waals surface area contributed by atoms with Crippen molar-refractivity contribution in [2.24, 2.45) is 5.92 Å². The molecule has 0 radical (unpaired) electrons. The van der Waals surface area contributed by atoms with Crippen LogP contribution in [0.15, 0.2) is 12.1 Å². The SMILES string of the molecule is COC(=O)[C@H]1CN2CCc3cc(OC)c(OC)cc3[C@@H]2C[C@@H]1NC(=O)OC(C)(C)C. The van der Waals surface area contributed by atoms with Crippen molar-refractivity contribution in [2.45, 2.75) is 51.3 Å². The molecule has 3 atom stereocenters. The Labute approximate surface area is 177 Å². The second-order valence-electron chi connectivity index (χ2n) is 8.78. The van der Waals surface area contributed by atoms with Gasteiger partial charge in [0.25, 0.3) is 0 Å². The predicted molar refractivity (Wildman–Crippen MR) is 111 cm³/mol. The van der Waals surface area contributed by atoms with Gasteiger partial charge >= 0.3 is 12.1 Å². The van der Waals surface area contributed by atoms with E-state index in [0.29, 0.717) is 24.5 Å². The van der Waals surface area contributed by atoms with E-state index in [1.54, 1.807) is 14.2 Å². The zero-order valence-electron chi connectivity index (χ0n) is 18.6. The van der Waals surface area contributed by atoms with E-state index in [2.05, 4.69) is 10.2 Å². The minimum atomic E-state index is -0.618. The number of hydrogen-bond donors (Lipinski definition) is 1. The van der Waals surface area contributed by atoms with E-state index in [1.807, 2.05) is 32.9 Å². The first kappa shape index (κ1) is 22.2. The molecule has 0 spiro atoms. The number of alkyl carbamates (subject to hydrolysis) is 1. The highest BCUT2D eigenvalue weighted by molar-refractivity contribution is 5.76. The third-order valence-electron chi connectivity index (χ3n) is 5.71. The number of nitrogens with zero attached hydrogens (tertiary/aromatic N) is 1. The van der Waals surface area contributed by atoms with Crippen molar-refractivity contribution >= 4 is 12.1 Å². The molecule has 0 aromatic heterocycles. The van der Waals surface area contributed by atoms with Crippen molar-refractivity contribution in [3.05, 3.63) is 23.3 Å². The van der Waals surface area contributed by atoms with Crippen LogP contribution in [0.25, 0.3) is 0 Å². The number of carbonyl (C=O) groups excluding carboxylic acids is 2. The number of piperidine rings is 1. The summed E-state index contributed by atoms with van der Waals surface area (Å²) in [6.45, 7) is 6.75. The van der Waals surface area contributed by atoms with Crippen molar-refractivity contribution in [2.75, 3.05) is 34.4 Å². The molecular formula is C22H32N2O6. The van der Waals surface area contributed by atoms with Gasteiger partial charge in [-0.2, -0.15) is 0 Å². The number of carbonyl (C=O) groups is 2. The summed E-state index contributed by atoms with van der Waals surface area (Å²) in [6, 6.07) is 3.68. The number of rotatable bonds is 4. The van der Waals surface area contributed by atoms with Crippen LogP contribution in [0.3, 0.4) is 0 Å². The van der Waals surface area contributed by atoms with E-state index in [-0.39, 0.29) is 12.0 Å². The molecule has 1 saturated heterocycles. The predicted octanol–water partition coefficient (Wildman–Crippen LogP) is 2.69. The van der Waals surface area contributed by atoms with Gasteiger partial charge in [0.05, 0.1) is 27.2 Å². The summed E-state index contributed by atoms with van der Waals surface area (Å²) >= 11 is 0. The smallest absolute Gasteiger partial charge is 0.407 e. The van der Waals surface area contributed by atoms with Crippen molar-refractivity contribution in [3.63, 3.8) is 0 Å². The number of nitrogens with one attached hydrogen (secondary N) is 1. The summed E-state index contributed by atoms with van der Waals surface area (Å²) in [5.74, 6) is 0.592. The zero-order valence-corrected chi connectivity index (χ0v) is 18.6. The van der Waals surface area contributed by atoms with Crippen LogP contribution in [0, 0.1) is 5.92 Å². The van der Waals surface area contributed by atoms with E-state index in [9.17, 15) is 9.59 Å². The lowest BCUT2D eigenvalue weighted by Crippen LogP contribution is -2.56. The molecule has 2 aliphatic heterocycles. The van der Waals surface area contributed by atoms with Crippen LogP contribution in [0.1, 0.15) is 44.4 Å². The Morgan fingerprint density at radius 3 is 2.37 bits per heavy atom. The van der Waals surface area contributed by atoms with Crippen LogP contribution in [0.2, 0.25) is 0 Å². The van der Waals surface area contributed by atoms with Gasteiger partial charge < -0.3 is 24.3 Å². The first-order chi connectivity index (χ1) is 14.2. The fraction of sp³-hybridized carbons (Fsp3) is 0.636. The quantitative estimate of drug-likeness (QED) is 0.750. The Kier molecular flexibility index (Phi) is 6.45. The van der Waals surface area contributed by atoms with Crippen molar-refractivity contribution in [1.29, 1.82) is 0 Å². The first-order valence-corrected chi connectivity index (χ1v) is 10.2. The van der Waals surface area contributed by atoms with Gasteiger partial charge in [0.15, 0.2) is 11.5 Å². The van der Waals surface area contributed by atoms with Gasteiger partial charge in [-0.25, -0.2) is 4.79 Å². The molecule has 1 N–H and O–H groups in total. The summed E-state index contributed by atoms with van der Waals surface area (Å²) in [5.41, 5.74) is 1.71. The molecule has 0 unspecified atom stereocenters. The van der Waals surface area contributed by atoms with Crippen LogP contribution in [0.5, 0.6) is 11.5 Å². The molecule has 166 valence electrons. The number of hydrogen-bond acceptors (Lipinski definition) is 7. The normalized spacial score (nSPS) is 23.6. The largest absolute Gasteiger partial charge is 0.493 e. The minimum Gasteiger partial charge on any atom is -0.493 e. The van der Waals surface area contributed by atoms with Gasteiger partial charge in [0.2, 0.25) is 0 Å². The highest BCUT2D eigenvalue weighted by Crippen LogP contribution is 2.43. The van der Waals surface area contributed by atoms with Crippen molar-refractivity contribution in [3.8, 4) is 11.5 Å². The summed E-state index contributed by atoms with van der Waals surface area (Å²) in [4.78, 5) is 27.2. The topological polar surface area (TPSA) is 86.3 Å². The number of fused-ring (bicyclic) bond motifs is 3. The molecule has 2 aliphatic rings. The monoisotopic (exact) mass is 420 g/mol. The zero-order chi connectivity index (χ0) is 22.1. The highest BCUT2D eigenvalue weighted by Gasteiger charge is 2.43. The van der Waals surface area contributed by atoms with Crippen LogP contribution < -0.4 is 14.8 Å². The van der Waals surface area contributed by atoms with Crippen molar-refractivity contribution in [1.82, 2.24) is 10.2 Å². The Bertz CT molecular complexity index is 804. The summed E-state index contributed by atoms with van der Waals surface area (Å²) < 4.78 is 21.4. The van der Waals surface area contributed by atoms with Gasteiger partial charge in [-0.1, -0.05) is 0 Å². The standard InChI is InChI=1S/C22H32N2O6/c1-22(2,3)30-21(26)23-16-11-17-14-10-19(28-5)18(27-4)9-13(14)7-8-24(17)12-15(16)20(25)29-6/h9-10,15-17H,7-8,11-12H2,1-6H3,(H,23,26)/t15-,16-,17-/m0/s1. The molecule has 0 saturated carbocycles. The third-order valence-corrected chi connectivity index (χ3v) is 5.71. The second kappa shape index (κ2) is 8.71. The molecule has 30 heavy (non-hydrogen) atoms. The molecule has 1 aromatic rings. The Balaban J connectivity index is 1.89. The lowest BCUT2D eigenvalue weighted by atomic mass is 9.80. The molecule has 0 bridgehead atoms. The average Bonchev–Trinajstić information content (AvgIpc) is 2.70. The molecule has 1 fully saturated rings. The molecule has 1 aromatic carbocycles. The highest BCUT2D eigenvalue weighted by atomic mass is 16.6. The lowest BCUT2D eigenvalue weighted by molar-refractivity contribution is -0.149. The maximum Gasteiger partial charge on any atom is 0.407 e. The number of methoxy groups -OCH3 is 3. The number of ether oxygens (including phenoxy) is 4. The fourth-order valence-corrected chi connectivity index (χ4v) is 4.37. The minimum absolute atomic E-state index is 0.0504. The van der Waals surface area contributed by atoms with Crippen LogP contribution in [0.4, 0.5) is 4.79 Å². The van der Waals surface area contributed by atoms with Gasteiger partial charge in [-0.15, -0.1) is 0 Å². The van der Waals surface area contributed by atoms with Crippen LogP contribution in [-0.4, -0.2) is 63.0 Å². The number of amides is 1. The number of esters is 1. The van der Waals surface area contributed by atoms with E-state index in [0.717, 1.165) is 18.5 Å². The summed E-state index contributed by atoms with van der Waals surface area (Å²) in [5, 5.41) is 2.91. The fourth-order valence-electron chi connectivity index (χ4n) is 4.37. The van der Waals surface area contributed by atoms with E-state index >= 15 is 0 Å². The van der Waals surface area contributed by atoms with E-state index in [1.165, 1.54) is 12.7 Å². The molecule has 8 heteroatoms. The summed E-state index contributed by atoms with van der Waals surface area (Å²) in [7, 11) is 4.62.